The van der Waals surface area contributed by atoms with Crippen molar-refractivity contribution in [3.63, 3.8) is 0 Å². The van der Waals surface area contributed by atoms with Gasteiger partial charge in [0, 0.05) is 37.3 Å². The average molecular weight is 1700 g/mol. The molecular formula is C94H110N18O13. The number of aromatic amines is 4. The number of likely N-dealkylation sites (tertiary alicyclic amines) is 3. The SMILES string of the molecule is CC.CC[C@H](NC(=O)OC)C(=O)N1C[C@@H](C#N)C[C@H]1c1ncc(-c2ccc3cc(-c4ccc(-c5cnc([C@@H]6CC7(CC7)CN6C(=O)[C@@H](NC(=O)OC)C(C)C)[nH]5)cc4)ccc3c2)[nH]1.CC[C@H](NC(=O)OC)C(=O)O.COC(=O)N[C@H](C(=O)N1CC2(CC2)C[C@H]1c1ncc(-c2ccc(-c3ccc4cc(-c5cnc([C@@H]6C[C@H](C#N)CN6)[nH]5)ccc4c3)cc2)[nH]1)C(C)C. The van der Waals surface area contributed by atoms with E-state index in [2.05, 4.69) is 189 Å². The Morgan fingerprint density at radius 2 is 0.792 bits per heavy atom. The molecular weight excluding hydrogens is 1590 g/mol. The van der Waals surface area contributed by atoms with E-state index in [1.54, 1.807) is 18.0 Å². The van der Waals surface area contributed by atoms with Crippen LogP contribution in [-0.4, -0.2) is 187 Å². The molecule has 10 atom stereocenters. The van der Waals surface area contributed by atoms with Crippen molar-refractivity contribution in [1.82, 2.24) is 81.2 Å². The van der Waals surface area contributed by atoms with Gasteiger partial charge in [-0.2, -0.15) is 10.5 Å². The Kier molecular flexibility index (Phi) is 27.9. The zero-order valence-electron chi connectivity index (χ0n) is 72.6. The second-order valence-corrected chi connectivity index (χ2v) is 33.6. The largest absolute Gasteiger partial charge is 0.480 e. The van der Waals surface area contributed by atoms with Gasteiger partial charge in [0.25, 0.3) is 0 Å². The van der Waals surface area contributed by atoms with Crippen molar-refractivity contribution in [1.29, 1.82) is 10.5 Å². The van der Waals surface area contributed by atoms with E-state index in [0.717, 1.165) is 151 Å². The third kappa shape index (κ3) is 20.3. The number of nitrogens with one attached hydrogen (secondary N) is 9. The number of fused-ring (bicyclic) bond motifs is 2. The molecule has 10 N–H and O–H groups in total. The smallest absolute Gasteiger partial charge is 0.407 e. The number of benzene rings is 6. The highest BCUT2D eigenvalue weighted by molar-refractivity contribution is 5.93. The van der Waals surface area contributed by atoms with Gasteiger partial charge in [-0.3, -0.25) is 14.4 Å². The number of aliphatic carboxylic acids is 1. The minimum Gasteiger partial charge on any atom is -0.480 e. The van der Waals surface area contributed by atoms with Gasteiger partial charge in [-0.15, -0.1) is 0 Å². The Morgan fingerprint density at radius 1 is 0.448 bits per heavy atom. The molecule has 0 radical (unpaired) electrons. The molecule has 125 heavy (non-hydrogen) atoms. The average Bonchev–Trinajstić information content (AvgIpc) is 1.59. The Hall–Kier alpha value is -13.4. The number of amides is 7. The second-order valence-electron chi connectivity index (χ2n) is 33.6. The number of carbonyl (C=O) groups excluding carboxylic acids is 7. The van der Waals surface area contributed by atoms with E-state index < -0.39 is 60.6 Å². The van der Waals surface area contributed by atoms with Crippen molar-refractivity contribution in [3.05, 3.63) is 169 Å². The highest BCUT2D eigenvalue weighted by atomic mass is 16.6. The van der Waals surface area contributed by atoms with E-state index in [1.165, 1.54) is 28.4 Å². The first-order valence-corrected chi connectivity index (χ1v) is 42.8. The normalized spacial score (nSPS) is 19.5. The topological polar surface area (TPSA) is 426 Å². The van der Waals surface area contributed by atoms with Crippen LogP contribution in [-0.2, 0) is 38.1 Å². The summed E-state index contributed by atoms with van der Waals surface area (Å²) in [7, 11) is 5.05. The summed E-state index contributed by atoms with van der Waals surface area (Å²) in [4.78, 5) is 136. The van der Waals surface area contributed by atoms with Crippen LogP contribution < -0.4 is 26.6 Å². The van der Waals surface area contributed by atoms with Gasteiger partial charge in [0.2, 0.25) is 17.7 Å². The molecule has 7 amide bonds. The van der Waals surface area contributed by atoms with Crippen LogP contribution in [0.1, 0.15) is 167 Å². The summed E-state index contributed by atoms with van der Waals surface area (Å²) in [6.45, 7) is 17.4. The third-order valence-electron chi connectivity index (χ3n) is 24.7. The molecule has 8 heterocycles. The second kappa shape index (κ2) is 39.0. The fourth-order valence-corrected chi connectivity index (χ4v) is 17.1. The first kappa shape index (κ1) is 89.3. The summed E-state index contributed by atoms with van der Waals surface area (Å²) >= 11 is 0. The van der Waals surface area contributed by atoms with Gasteiger partial charge < -0.3 is 85.3 Å². The van der Waals surface area contributed by atoms with Crippen LogP contribution in [0.25, 0.3) is 88.8 Å². The molecule has 31 nitrogen and oxygen atoms in total. The van der Waals surface area contributed by atoms with Gasteiger partial charge in [-0.05, 0) is 166 Å². The number of methoxy groups -OCH3 is 4. The minimum atomic E-state index is -1.06. The van der Waals surface area contributed by atoms with Gasteiger partial charge in [-0.25, -0.2) is 43.9 Å². The Bertz CT molecular complexity index is 5660. The molecule has 2 spiro atoms. The number of hydrogen-bond donors (Lipinski definition) is 10. The Morgan fingerprint density at radius 3 is 1.16 bits per heavy atom. The van der Waals surface area contributed by atoms with Gasteiger partial charge in [0.15, 0.2) is 0 Å². The van der Waals surface area contributed by atoms with Gasteiger partial charge in [0.1, 0.15) is 47.5 Å². The molecule has 4 aromatic heterocycles. The number of nitriles is 2. The van der Waals surface area contributed by atoms with E-state index in [0.29, 0.717) is 44.7 Å². The van der Waals surface area contributed by atoms with Gasteiger partial charge >= 0.3 is 30.3 Å². The molecule has 0 bridgehead atoms. The van der Waals surface area contributed by atoms with Crippen LogP contribution in [0.15, 0.2) is 146 Å². The highest BCUT2D eigenvalue weighted by Crippen LogP contribution is 2.60. The van der Waals surface area contributed by atoms with E-state index in [1.807, 2.05) is 82.9 Å². The lowest BCUT2D eigenvalue weighted by atomic mass is 9.98. The summed E-state index contributed by atoms with van der Waals surface area (Å²) in [6.07, 6.45) is 12.7. The summed E-state index contributed by atoms with van der Waals surface area (Å²) in [5.74, 6) is 0.904. The van der Waals surface area contributed by atoms with Crippen LogP contribution in [0.5, 0.6) is 0 Å². The summed E-state index contributed by atoms with van der Waals surface area (Å²) in [5, 5.41) is 45.5. The van der Waals surface area contributed by atoms with Crippen LogP contribution in [0.4, 0.5) is 19.2 Å². The highest BCUT2D eigenvalue weighted by Gasteiger charge is 2.57. The molecule has 654 valence electrons. The summed E-state index contributed by atoms with van der Waals surface area (Å²) in [6, 6.07) is 43.2. The fourth-order valence-electron chi connectivity index (χ4n) is 17.1. The number of alkyl carbamates (subject to hydrolysis) is 4. The van der Waals surface area contributed by atoms with Crippen LogP contribution in [0.3, 0.4) is 0 Å². The monoisotopic (exact) mass is 1700 g/mol. The lowest BCUT2D eigenvalue weighted by molar-refractivity contribution is -0.139. The molecule has 2 saturated carbocycles. The third-order valence-corrected chi connectivity index (χ3v) is 24.7. The lowest BCUT2D eigenvalue weighted by Crippen LogP contribution is -2.51. The predicted molar refractivity (Wildman–Crippen MR) is 470 cm³/mol. The van der Waals surface area contributed by atoms with E-state index in [-0.39, 0.29) is 76.9 Å². The molecule has 4 saturated heterocycles. The van der Waals surface area contributed by atoms with E-state index in [9.17, 15) is 48.9 Å². The van der Waals surface area contributed by atoms with E-state index in [4.69, 9.17) is 29.3 Å². The van der Waals surface area contributed by atoms with Crippen molar-refractivity contribution in [2.45, 2.75) is 168 Å². The number of ether oxygens (including phenoxy) is 4. The van der Waals surface area contributed by atoms with Crippen molar-refractivity contribution >= 4 is 69.6 Å². The van der Waals surface area contributed by atoms with E-state index >= 15 is 0 Å². The van der Waals surface area contributed by atoms with Crippen molar-refractivity contribution < 1.29 is 62.4 Å². The fraction of sp³-hybridized carbons (Fsp3) is 0.426. The first-order valence-electron chi connectivity index (χ1n) is 42.8. The zero-order valence-corrected chi connectivity index (χ0v) is 72.6. The number of rotatable bonds is 22. The maximum absolute atomic E-state index is 13.9. The van der Waals surface area contributed by atoms with Crippen molar-refractivity contribution in [2.75, 3.05) is 54.6 Å². The van der Waals surface area contributed by atoms with Crippen molar-refractivity contribution in [2.24, 2.45) is 34.5 Å². The van der Waals surface area contributed by atoms with Gasteiger partial charge in [0.05, 0.1) is 124 Å². The molecule has 6 fully saturated rings. The summed E-state index contributed by atoms with van der Waals surface area (Å²) in [5.41, 5.74) is 12.2. The molecule has 31 heteroatoms. The zero-order chi connectivity index (χ0) is 89.1. The number of aromatic nitrogens is 8. The first-order chi connectivity index (χ1) is 60.3. The number of hydrogen-bond acceptors (Lipinski definition) is 19. The number of carboxylic acids is 1. The van der Waals surface area contributed by atoms with Crippen molar-refractivity contribution in [3.8, 4) is 79.4 Å². The van der Waals surface area contributed by atoms with Crippen LogP contribution in [0, 0.1) is 57.2 Å². The number of carboxylic acid groups (broad SMARTS) is 1. The Labute approximate surface area is 725 Å². The molecule has 6 aromatic carbocycles. The number of carbonyl (C=O) groups is 8. The molecule has 4 aliphatic heterocycles. The molecule has 16 rings (SSSR count). The molecule has 2 aliphatic carbocycles. The molecule has 6 aliphatic rings. The number of H-pyrrole nitrogens is 4. The standard InChI is InChI=1S/C46H51N9O6.C40H42N8O3.C6H11NO4.C2H6/c1-6-34(52-44(58)60-4)42(56)54-24-27(21-47)17-37(54)40-48-23-36(51-40)33-14-13-31-18-30(11-12-32(31)19-33)28-7-9-29(10-8-28)35-22-49-41(50-35)38-20-46(15-16-46)25-55(38)43(57)39(26(2)3)53-45(59)61-5;1-23(2)35(47-39(50)51-3)38(49)48-22-40(12-13-40)17-34(48)37-44-20-32(46-37)26-6-4-25(5-7-26)27-8-9-29-16-30(11-10-28(29)15-27)33-21-43-36(45-33)31-14-24(18-41)19-42-31;1-3-4(5(8)9)7-6(10)11-2;1-2/h7-14,18-19,22-23,26-27,34,37-39H,6,15-17,20,24-25H2,1-5H3,(H,48,51)(H,49,50)(H,52,58)(H,53,59);4-11,15-16,20-21,23-24,31,34-35,42H,12-14,17,19,22H2,1-3H3,(H,43,45)(H,44,46)(H,47,50);4H,3H2,1-2H3,(H,7,10)(H,8,9);1-2H3/t27-,34+,37+,38+,39+;24-,31+,34+,35+;4-;/m110./s1. The lowest BCUT2D eigenvalue weighted by Gasteiger charge is -2.30. The molecule has 0 unspecified atom stereocenters. The number of imidazole rings is 4. The van der Waals surface area contributed by atoms with Gasteiger partial charge in [-0.1, -0.05) is 152 Å². The minimum absolute atomic E-state index is 0.0253. The number of nitrogens with zero attached hydrogens (tertiary/aromatic N) is 9. The maximum Gasteiger partial charge on any atom is 0.407 e. The van der Waals surface area contributed by atoms with Crippen LogP contribution in [0.2, 0.25) is 0 Å². The maximum atomic E-state index is 13.9. The summed E-state index contributed by atoms with van der Waals surface area (Å²) < 4.78 is 18.5. The predicted octanol–water partition coefficient (Wildman–Crippen LogP) is 15.4. The quantitative estimate of drug-likeness (QED) is 0.0282. The Balaban J connectivity index is 0.000000190. The molecule has 10 aromatic rings. The van der Waals surface area contributed by atoms with Crippen LogP contribution >= 0.6 is 0 Å².